The third-order valence-corrected chi connectivity index (χ3v) is 2.68. The molecule has 94 valence electrons. The monoisotopic (exact) mass is 243 g/mol. The van der Waals surface area contributed by atoms with Gasteiger partial charge in [-0.05, 0) is 18.1 Å². The van der Waals surface area contributed by atoms with Gasteiger partial charge in [0.25, 0.3) is 0 Å². The lowest BCUT2D eigenvalue weighted by Gasteiger charge is -2.17. The van der Waals surface area contributed by atoms with Crippen LogP contribution in [0.5, 0.6) is 0 Å². The van der Waals surface area contributed by atoms with E-state index in [4.69, 9.17) is 5.73 Å². The van der Waals surface area contributed by atoms with Crippen molar-refractivity contribution in [2.45, 2.75) is 12.5 Å². The van der Waals surface area contributed by atoms with Crippen LogP contribution in [0.25, 0.3) is 0 Å². The number of hydrogen-bond donors (Lipinski definition) is 3. The standard InChI is InChI=1S/C14H17N3O/c15-12-6-7-16-14(9-12)17-13(10-18)8-11-4-2-1-3-5-11/h1-7,9,13,18H,8,10H2,(H3,15,16,17). The number of nitrogens with two attached hydrogens (primary N) is 1. The van der Waals surface area contributed by atoms with Crippen LogP contribution in [-0.2, 0) is 6.42 Å². The van der Waals surface area contributed by atoms with Gasteiger partial charge >= 0.3 is 0 Å². The van der Waals surface area contributed by atoms with E-state index in [2.05, 4.69) is 10.3 Å². The zero-order chi connectivity index (χ0) is 12.8. The third kappa shape index (κ3) is 3.46. The van der Waals surface area contributed by atoms with Crippen molar-refractivity contribution in [1.82, 2.24) is 4.98 Å². The summed E-state index contributed by atoms with van der Waals surface area (Å²) in [6, 6.07) is 13.5. The summed E-state index contributed by atoms with van der Waals surface area (Å²) in [5, 5.41) is 12.6. The Bertz CT molecular complexity index is 487. The molecule has 4 heteroatoms. The first-order chi connectivity index (χ1) is 8.78. The minimum Gasteiger partial charge on any atom is -0.399 e. The second kappa shape index (κ2) is 6.02. The van der Waals surface area contributed by atoms with Crippen molar-refractivity contribution in [2.24, 2.45) is 0 Å². The summed E-state index contributed by atoms with van der Waals surface area (Å²) in [6.45, 7) is 0.0470. The van der Waals surface area contributed by atoms with E-state index >= 15 is 0 Å². The molecule has 0 fully saturated rings. The van der Waals surface area contributed by atoms with Gasteiger partial charge in [-0.25, -0.2) is 4.98 Å². The Labute approximate surface area is 106 Å². The molecule has 0 aliphatic rings. The molecule has 4 N–H and O–H groups in total. The Kier molecular flexibility index (Phi) is 4.15. The average molecular weight is 243 g/mol. The van der Waals surface area contributed by atoms with Crippen molar-refractivity contribution in [3.05, 3.63) is 54.2 Å². The highest BCUT2D eigenvalue weighted by atomic mass is 16.3. The summed E-state index contributed by atoms with van der Waals surface area (Å²) in [6.07, 6.45) is 2.39. The molecule has 0 saturated heterocycles. The van der Waals surface area contributed by atoms with Gasteiger partial charge in [0.15, 0.2) is 0 Å². The molecule has 0 bridgehead atoms. The van der Waals surface area contributed by atoms with E-state index < -0.39 is 0 Å². The Morgan fingerprint density at radius 3 is 2.67 bits per heavy atom. The minimum absolute atomic E-state index is 0.0470. The maximum absolute atomic E-state index is 9.40. The van der Waals surface area contributed by atoms with Gasteiger partial charge in [0.2, 0.25) is 0 Å². The van der Waals surface area contributed by atoms with Crippen molar-refractivity contribution < 1.29 is 5.11 Å². The number of nitrogen functional groups attached to an aromatic ring is 1. The maximum Gasteiger partial charge on any atom is 0.128 e. The number of aliphatic hydroxyl groups is 1. The quantitative estimate of drug-likeness (QED) is 0.747. The molecule has 4 nitrogen and oxygen atoms in total. The Balaban J connectivity index is 2.01. The lowest BCUT2D eigenvalue weighted by molar-refractivity contribution is 0.273. The lowest BCUT2D eigenvalue weighted by atomic mass is 10.1. The molecule has 0 saturated carbocycles. The number of aromatic nitrogens is 1. The zero-order valence-corrected chi connectivity index (χ0v) is 10.1. The predicted molar refractivity (Wildman–Crippen MR) is 73.3 cm³/mol. The van der Waals surface area contributed by atoms with Gasteiger partial charge in [-0.15, -0.1) is 0 Å². The number of anilines is 2. The second-order valence-electron chi connectivity index (χ2n) is 4.19. The van der Waals surface area contributed by atoms with Gasteiger partial charge in [0.05, 0.1) is 12.6 Å². The molecule has 2 aromatic rings. The molecule has 18 heavy (non-hydrogen) atoms. The average Bonchev–Trinajstić information content (AvgIpc) is 2.39. The normalized spacial score (nSPS) is 12.1. The minimum atomic E-state index is -0.0679. The number of nitrogens with zero attached hydrogens (tertiary/aromatic N) is 1. The van der Waals surface area contributed by atoms with E-state index in [0.717, 1.165) is 6.42 Å². The van der Waals surface area contributed by atoms with Gasteiger partial charge in [0, 0.05) is 18.0 Å². The van der Waals surface area contributed by atoms with Crippen LogP contribution < -0.4 is 11.1 Å². The highest BCUT2D eigenvalue weighted by Gasteiger charge is 2.08. The number of benzene rings is 1. The van der Waals surface area contributed by atoms with Crippen molar-refractivity contribution in [3.63, 3.8) is 0 Å². The van der Waals surface area contributed by atoms with Crippen LogP contribution in [0.1, 0.15) is 5.56 Å². The predicted octanol–water partition coefficient (Wildman–Crippen LogP) is 1.68. The Morgan fingerprint density at radius 1 is 1.22 bits per heavy atom. The summed E-state index contributed by atoms with van der Waals surface area (Å²) in [5.74, 6) is 0.685. The molecule has 1 unspecified atom stereocenters. The number of rotatable bonds is 5. The maximum atomic E-state index is 9.40. The van der Waals surface area contributed by atoms with E-state index in [9.17, 15) is 5.11 Å². The van der Waals surface area contributed by atoms with E-state index in [0.29, 0.717) is 11.5 Å². The van der Waals surface area contributed by atoms with Crippen LogP contribution in [0.15, 0.2) is 48.7 Å². The van der Waals surface area contributed by atoms with Crippen LogP contribution in [-0.4, -0.2) is 22.7 Å². The van der Waals surface area contributed by atoms with E-state index in [1.165, 1.54) is 5.56 Å². The Hall–Kier alpha value is -2.07. The van der Waals surface area contributed by atoms with E-state index in [-0.39, 0.29) is 12.6 Å². The molecule has 0 aliphatic heterocycles. The first-order valence-electron chi connectivity index (χ1n) is 5.91. The fraction of sp³-hybridized carbons (Fsp3) is 0.214. The smallest absolute Gasteiger partial charge is 0.128 e. The summed E-state index contributed by atoms with van der Waals surface area (Å²) in [4.78, 5) is 4.17. The van der Waals surface area contributed by atoms with E-state index in [1.807, 2.05) is 30.3 Å². The van der Waals surface area contributed by atoms with Crippen LogP contribution in [0.2, 0.25) is 0 Å². The van der Waals surface area contributed by atoms with Crippen LogP contribution in [0, 0.1) is 0 Å². The highest BCUT2D eigenvalue weighted by molar-refractivity contribution is 5.49. The second-order valence-corrected chi connectivity index (χ2v) is 4.19. The fourth-order valence-electron chi connectivity index (χ4n) is 1.79. The summed E-state index contributed by atoms with van der Waals surface area (Å²) in [7, 11) is 0. The summed E-state index contributed by atoms with van der Waals surface area (Å²) < 4.78 is 0. The molecule has 0 radical (unpaired) electrons. The number of hydrogen-bond acceptors (Lipinski definition) is 4. The zero-order valence-electron chi connectivity index (χ0n) is 10.1. The van der Waals surface area contributed by atoms with Crippen molar-refractivity contribution in [2.75, 3.05) is 17.7 Å². The molecule has 0 aliphatic carbocycles. The molecule has 1 atom stereocenters. The first kappa shape index (κ1) is 12.4. The summed E-state index contributed by atoms with van der Waals surface area (Å²) >= 11 is 0. The van der Waals surface area contributed by atoms with Crippen molar-refractivity contribution in [1.29, 1.82) is 0 Å². The van der Waals surface area contributed by atoms with Gasteiger partial charge < -0.3 is 16.2 Å². The largest absolute Gasteiger partial charge is 0.399 e. The fourth-order valence-corrected chi connectivity index (χ4v) is 1.79. The van der Waals surface area contributed by atoms with Crippen molar-refractivity contribution >= 4 is 11.5 Å². The van der Waals surface area contributed by atoms with Crippen LogP contribution >= 0.6 is 0 Å². The Morgan fingerprint density at radius 2 is 2.00 bits per heavy atom. The van der Waals surface area contributed by atoms with Gasteiger partial charge in [-0.1, -0.05) is 30.3 Å². The van der Waals surface area contributed by atoms with Crippen molar-refractivity contribution in [3.8, 4) is 0 Å². The van der Waals surface area contributed by atoms with Gasteiger partial charge in [0.1, 0.15) is 5.82 Å². The molecule has 1 aromatic heterocycles. The third-order valence-electron chi connectivity index (χ3n) is 2.68. The topological polar surface area (TPSA) is 71.2 Å². The lowest BCUT2D eigenvalue weighted by Crippen LogP contribution is -2.26. The molecular weight excluding hydrogens is 226 g/mol. The van der Waals surface area contributed by atoms with Gasteiger partial charge in [-0.2, -0.15) is 0 Å². The molecule has 0 amide bonds. The summed E-state index contributed by atoms with van der Waals surface area (Å²) in [5.41, 5.74) is 7.52. The van der Waals surface area contributed by atoms with Crippen LogP contribution in [0.4, 0.5) is 11.5 Å². The molecule has 2 rings (SSSR count). The number of nitrogens with one attached hydrogen (secondary N) is 1. The first-order valence-corrected chi connectivity index (χ1v) is 5.91. The molecule has 0 spiro atoms. The number of pyridine rings is 1. The SMILES string of the molecule is Nc1ccnc(NC(CO)Cc2ccccc2)c1. The molecule has 1 heterocycles. The van der Waals surface area contributed by atoms with E-state index in [1.54, 1.807) is 18.3 Å². The molecular formula is C14H17N3O. The number of aliphatic hydroxyl groups excluding tert-OH is 1. The van der Waals surface area contributed by atoms with Crippen LogP contribution in [0.3, 0.4) is 0 Å². The highest BCUT2D eigenvalue weighted by Crippen LogP contribution is 2.11. The van der Waals surface area contributed by atoms with Gasteiger partial charge in [-0.3, -0.25) is 0 Å². The molecule has 1 aromatic carbocycles.